The van der Waals surface area contributed by atoms with Crippen LogP contribution in [0.4, 0.5) is 0 Å². The fourth-order valence-electron chi connectivity index (χ4n) is 3.42. The highest BCUT2D eigenvalue weighted by atomic mass is 35.5. The number of rotatable bonds is 3. The van der Waals surface area contributed by atoms with E-state index in [1.807, 2.05) is 17.5 Å². The van der Waals surface area contributed by atoms with E-state index < -0.39 is 6.10 Å². The SMILES string of the molecule is O=C1CCCC2=C1[C@@H](c1cccs1)[C@H](C(=O)c1ccc(Cl)cc1)O2. The summed E-state index contributed by atoms with van der Waals surface area (Å²) in [4.78, 5) is 26.5. The highest BCUT2D eigenvalue weighted by Crippen LogP contribution is 2.46. The first-order valence-electron chi connectivity index (χ1n) is 7.91. The van der Waals surface area contributed by atoms with E-state index in [9.17, 15) is 9.59 Å². The maximum atomic E-state index is 13.0. The summed E-state index contributed by atoms with van der Waals surface area (Å²) in [5, 5.41) is 2.55. The van der Waals surface area contributed by atoms with Crippen LogP contribution in [-0.4, -0.2) is 17.7 Å². The Morgan fingerprint density at radius 1 is 1.17 bits per heavy atom. The Balaban J connectivity index is 1.74. The molecule has 2 heterocycles. The van der Waals surface area contributed by atoms with Gasteiger partial charge >= 0.3 is 0 Å². The molecule has 0 amide bonds. The van der Waals surface area contributed by atoms with Crippen LogP contribution in [0.15, 0.2) is 53.1 Å². The van der Waals surface area contributed by atoms with Crippen LogP contribution in [0.5, 0.6) is 0 Å². The Kier molecular flexibility index (Phi) is 4.02. The average Bonchev–Trinajstić information content (AvgIpc) is 3.22. The summed E-state index contributed by atoms with van der Waals surface area (Å²) in [7, 11) is 0. The van der Waals surface area contributed by atoms with Gasteiger partial charge in [0.1, 0.15) is 5.76 Å². The van der Waals surface area contributed by atoms with Crippen molar-refractivity contribution < 1.29 is 14.3 Å². The number of allylic oxidation sites excluding steroid dienone is 1. The molecule has 2 atom stereocenters. The van der Waals surface area contributed by atoms with Gasteiger partial charge in [0.2, 0.25) is 5.78 Å². The van der Waals surface area contributed by atoms with Crippen molar-refractivity contribution in [3.63, 3.8) is 0 Å². The average molecular weight is 359 g/mol. The van der Waals surface area contributed by atoms with E-state index in [-0.39, 0.29) is 17.5 Å². The summed E-state index contributed by atoms with van der Waals surface area (Å²) in [6, 6.07) is 10.7. The van der Waals surface area contributed by atoms with Gasteiger partial charge in [0, 0.05) is 33.9 Å². The van der Waals surface area contributed by atoms with Crippen molar-refractivity contribution in [2.75, 3.05) is 0 Å². The number of halogens is 1. The molecule has 122 valence electrons. The van der Waals surface area contributed by atoms with Crippen molar-refractivity contribution in [2.45, 2.75) is 31.3 Å². The Bertz CT molecular complexity index is 821. The van der Waals surface area contributed by atoms with Crippen LogP contribution in [0.25, 0.3) is 0 Å². The lowest BCUT2D eigenvalue weighted by Crippen LogP contribution is -2.28. The van der Waals surface area contributed by atoms with Crippen molar-refractivity contribution >= 4 is 34.5 Å². The predicted molar refractivity (Wildman–Crippen MR) is 93.6 cm³/mol. The molecule has 24 heavy (non-hydrogen) atoms. The predicted octanol–water partition coefficient (Wildman–Crippen LogP) is 4.77. The monoisotopic (exact) mass is 358 g/mol. The third-order valence-corrected chi connectivity index (χ3v) is 5.74. The largest absolute Gasteiger partial charge is 0.485 e. The minimum atomic E-state index is -0.670. The van der Waals surface area contributed by atoms with Crippen LogP contribution in [0.1, 0.15) is 40.4 Å². The van der Waals surface area contributed by atoms with Gasteiger partial charge in [-0.25, -0.2) is 0 Å². The quantitative estimate of drug-likeness (QED) is 0.742. The standard InChI is InChI=1S/C19H15ClO3S/c20-12-8-6-11(7-9-12)18(22)19-17(15-5-2-10-24-15)16-13(21)3-1-4-14(16)23-19/h2,5-10,17,19H,1,3-4H2/t17-,19-/m1/s1. The van der Waals surface area contributed by atoms with E-state index in [0.29, 0.717) is 28.3 Å². The van der Waals surface area contributed by atoms with E-state index in [1.165, 1.54) is 0 Å². The molecule has 1 aromatic heterocycles. The lowest BCUT2D eigenvalue weighted by molar-refractivity contribution is -0.116. The molecule has 0 N–H and O–H groups in total. The molecule has 3 nitrogen and oxygen atoms in total. The molecule has 0 saturated carbocycles. The number of carbonyl (C=O) groups excluding carboxylic acids is 2. The molecule has 1 aromatic carbocycles. The molecule has 0 bridgehead atoms. The normalized spacial score (nSPS) is 23.1. The van der Waals surface area contributed by atoms with Gasteiger partial charge in [0.25, 0.3) is 0 Å². The van der Waals surface area contributed by atoms with E-state index in [1.54, 1.807) is 35.6 Å². The van der Waals surface area contributed by atoms with Gasteiger partial charge in [0.05, 0.1) is 5.92 Å². The molecule has 1 aliphatic carbocycles. The van der Waals surface area contributed by atoms with E-state index in [0.717, 1.165) is 17.7 Å². The molecule has 0 spiro atoms. The molecular formula is C19H15ClO3S. The Morgan fingerprint density at radius 2 is 1.96 bits per heavy atom. The fourth-order valence-corrected chi connectivity index (χ4v) is 4.40. The van der Waals surface area contributed by atoms with Crippen LogP contribution in [0.3, 0.4) is 0 Å². The summed E-state index contributed by atoms with van der Waals surface area (Å²) in [5.41, 5.74) is 1.26. The molecule has 0 fully saturated rings. The van der Waals surface area contributed by atoms with Crippen LogP contribution < -0.4 is 0 Å². The summed E-state index contributed by atoms with van der Waals surface area (Å²) >= 11 is 7.47. The van der Waals surface area contributed by atoms with Crippen molar-refractivity contribution in [3.8, 4) is 0 Å². The first-order chi connectivity index (χ1) is 11.6. The summed E-state index contributed by atoms with van der Waals surface area (Å²) in [6.07, 6.45) is 1.38. The minimum absolute atomic E-state index is 0.104. The Hall–Kier alpha value is -1.91. The maximum Gasteiger partial charge on any atom is 0.204 e. The molecule has 5 heteroatoms. The van der Waals surface area contributed by atoms with E-state index in [4.69, 9.17) is 16.3 Å². The zero-order chi connectivity index (χ0) is 16.7. The summed E-state index contributed by atoms with van der Waals surface area (Å²) in [5.74, 6) is 0.418. The van der Waals surface area contributed by atoms with Crippen molar-refractivity contribution in [3.05, 3.63) is 68.6 Å². The molecule has 2 aromatic rings. The Morgan fingerprint density at radius 3 is 2.67 bits per heavy atom. The second-order valence-electron chi connectivity index (χ2n) is 6.02. The molecule has 0 radical (unpaired) electrons. The van der Waals surface area contributed by atoms with Gasteiger partial charge in [-0.2, -0.15) is 0 Å². The van der Waals surface area contributed by atoms with Gasteiger partial charge in [-0.3, -0.25) is 9.59 Å². The maximum absolute atomic E-state index is 13.0. The highest BCUT2D eigenvalue weighted by Gasteiger charge is 2.46. The topological polar surface area (TPSA) is 43.4 Å². The third kappa shape index (κ3) is 2.60. The first-order valence-corrected chi connectivity index (χ1v) is 9.17. The Labute approximate surface area is 148 Å². The second kappa shape index (κ2) is 6.19. The van der Waals surface area contributed by atoms with Crippen molar-refractivity contribution in [1.29, 1.82) is 0 Å². The van der Waals surface area contributed by atoms with E-state index in [2.05, 4.69) is 0 Å². The number of hydrogen-bond donors (Lipinski definition) is 0. The van der Waals surface area contributed by atoms with Crippen LogP contribution in [0, 0.1) is 0 Å². The van der Waals surface area contributed by atoms with Gasteiger partial charge in [0.15, 0.2) is 11.9 Å². The minimum Gasteiger partial charge on any atom is -0.485 e. The second-order valence-corrected chi connectivity index (χ2v) is 7.43. The molecule has 1 aliphatic heterocycles. The lowest BCUT2D eigenvalue weighted by Gasteiger charge is -2.19. The zero-order valence-corrected chi connectivity index (χ0v) is 14.4. The third-order valence-electron chi connectivity index (χ3n) is 4.53. The van der Waals surface area contributed by atoms with Crippen LogP contribution in [-0.2, 0) is 9.53 Å². The number of ketones is 2. The fraction of sp³-hybridized carbons (Fsp3) is 0.263. The number of ether oxygens (including phenoxy) is 1. The van der Waals surface area contributed by atoms with E-state index >= 15 is 0 Å². The first kappa shape index (κ1) is 15.6. The van der Waals surface area contributed by atoms with Gasteiger partial charge in [-0.05, 0) is 42.1 Å². The van der Waals surface area contributed by atoms with Gasteiger partial charge in [-0.15, -0.1) is 11.3 Å². The number of carbonyl (C=O) groups is 2. The summed E-state index contributed by atoms with van der Waals surface area (Å²) < 4.78 is 6.00. The smallest absolute Gasteiger partial charge is 0.204 e. The lowest BCUT2D eigenvalue weighted by atomic mass is 9.83. The number of thiophene rings is 1. The molecule has 2 aliphatic rings. The summed E-state index contributed by atoms with van der Waals surface area (Å²) in [6.45, 7) is 0. The van der Waals surface area contributed by atoms with Crippen LogP contribution >= 0.6 is 22.9 Å². The molecule has 4 rings (SSSR count). The van der Waals surface area contributed by atoms with Crippen LogP contribution in [0.2, 0.25) is 5.02 Å². The number of hydrogen-bond acceptors (Lipinski definition) is 4. The van der Waals surface area contributed by atoms with Crippen molar-refractivity contribution in [2.24, 2.45) is 0 Å². The highest BCUT2D eigenvalue weighted by molar-refractivity contribution is 7.10. The number of benzene rings is 1. The van der Waals surface area contributed by atoms with Gasteiger partial charge in [-0.1, -0.05) is 17.7 Å². The molecular weight excluding hydrogens is 344 g/mol. The number of Topliss-reactive ketones (excluding diaryl/α,β-unsaturated/α-hetero) is 2. The molecule has 0 saturated heterocycles. The van der Waals surface area contributed by atoms with Gasteiger partial charge < -0.3 is 4.74 Å². The molecule has 0 unspecified atom stereocenters. The van der Waals surface area contributed by atoms with Crippen molar-refractivity contribution in [1.82, 2.24) is 0 Å². The zero-order valence-electron chi connectivity index (χ0n) is 12.8.